The molecule has 122 valence electrons. The van der Waals surface area contributed by atoms with E-state index in [0.717, 1.165) is 31.2 Å². The SMILES string of the molecule is Nc1nnnn1CC(=O)N(Cc1ccncc1)C1CCCCC1. The van der Waals surface area contributed by atoms with Crippen molar-refractivity contribution in [3.05, 3.63) is 30.1 Å². The summed E-state index contributed by atoms with van der Waals surface area (Å²) in [5.41, 5.74) is 6.74. The number of rotatable bonds is 5. The summed E-state index contributed by atoms with van der Waals surface area (Å²) in [5.74, 6) is 0.151. The molecule has 3 rings (SSSR count). The van der Waals surface area contributed by atoms with Crippen LogP contribution in [0.5, 0.6) is 0 Å². The lowest BCUT2D eigenvalue weighted by atomic mass is 9.93. The summed E-state index contributed by atoms with van der Waals surface area (Å²) in [6, 6.07) is 4.14. The molecule has 0 saturated heterocycles. The van der Waals surface area contributed by atoms with Crippen LogP contribution in [0.1, 0.15) is 37.7 Å². The fraction of sp³-hybridized carbons (Fsp3) is 0.533. The summed E-state index contributed by atoms with van der Waals surface area (Å²) in [4.78, 5) is 18.8. The lowest BCUT2D eigenvalue weighted by molar-refractivity contribution is -0.135. The summed E-state index contributed by atoms with van der Waals surface area (Å²) in [6.07, 6.45) is 9.16. The molecule has 8 heteroatoms. The number of nitrogens with zero attached hydrogens (tertiary/aromatic N) is 6. The van der Waals surface area contributed by atoms with Crippen LogP contribution < -0.4 is 5.73 Å². The maximum Gasteiger partial charge on any atom is 0.245 e. The van der Waals surface area contributed by atoms with E-state index >= 15 is 0 Å². The van der Waals surface area contributed by atoms with Gasteiger partial charge in [-0.3, -0.25) is 9.78 Å². The van der Waals surface area contributed by atoms with E-state index in [0.29, 0.717) is 6.54 Å². The summed E-state index contributed by atoms with van der Waals surface area (Å²) in [6.45, 7) is 0.647. The van der Waals surface area contributed by atoms with E-state index in [1.54, 1.807) is 12.4 Å². The molecule has 0 bridgehead atoms. The van der Waals surface area contributed by atoms with Crippen molar-refractivity contribution in [2.24, 2.45) is 0 Å². The summed E-state index contributed by atoms with van der Waals surface area (Å²) in [5, 5.41) is 10.9. The van der Waals surface area contributed by atoms with Crippen LogP contribution in [-0.2, 0) is 17.9 Å². The van der Waals surface area contributed by atoms with E-state index in [1.807, 2.05) is 17.0 Å². The Kier molecular flexibility index (Phi) is 4.80. The number of hydrogen-bond acceptors (Lipinski definition) is 6. The lowest BCUT2D eigenvalue weighted by Gasteiger charge is -2.34. The van der Waals surface area contributed by atoms with Gasteiger partial charge >= 0.3 is 0 Å². The maximum atomic E-state index is 12.8. The zero-order valence-corrected chi connectivity index (χ0v) is 13.0. The first kappa shape index (κ1) is 15.4. The Balaban J connectivity index is 1.76. The van der Waals surface area contributed by atoms with Crippen molar-refractivity contribution >= 4 is 11.9 Å². The molecule has 0 atom stereocenters. The highest BCUT2D eigenvalue weighted by Crippen LogP contribution is 2.24. The Bertz CT molecular complexity index is 636. The van der Waals surface area contributed by atoms with Crippen molar-refractivity contribution < 1.29 is 4.79 Å². The van der Waals surface area contributed by atoms with Gasteiger partial charge < -0.3 is 10.6 Å². The third-order valence-electron chi connectivity index (χ3n) is 4.28. The Morgan fingerprint density at radius 2 is 2.00 bits per heavy atom. The number of carbonyl (C=O) groups is 1. The second-order valence-corrected chi connectivity index (χ2v) is 5.86. The van der Waals surface area contributed by atoms with Crippen LogP contribution in [0.2, 0.25) is 0 Å². The fourth-order valence-corrected chi connectivity index (χ4v) is 3.04. The molecule has 2 aromatic heterocycles. The molecule has 1 fully saturated rings. The van der Waals surface area contributed by atoms with Gasteiger partial charge in [0.15, 0.2) is 0 Å². The largest absolute Gasteiger partial charge is 0.367 e. The molecule has 2 aromatic rings. The zero-order valence-electron chi connectivity index (χ0n) is 13.0. The van der Waals surface area contributed by atoms with Crippen molar-refractivity contribution in [3.63, 3.8) is 0 Å². The predicted molar refractivity (Wildman–Crippen MR) is 83.9 cm³/mol. The summed E-state index contributed by atoms with van der Waals surface area (Å²) >= 11 is 0. The number of pyridine rings is 1. The van der Waals surface area contributed by atoms with Crippen LogP contribution in [0.3, 0.4) is 0 Å². The van der Waals surface area contributed by atoms with E-state index in [1.165, 1.54) is 11.1 Å². The molecular formula is C15H21N7O. The fourth-order valence-electron chi connectivity index (χ4n) is 3.04. The van der Waals surface area contributed by atoms with Crippen LogP contribution >= 0.6 is 0 Å². The molecule has 0 radical (unpaired) electrons. The molecule has 2 N–H and O–H groups in total. The van der Waals surface area contributed by atoms with Gasteiger partial charge in [0.25, 0.3) is 0 Å². The molecule has 1 saturated carbocycles. The van der Waals surface area contributed by atoms with Gasteiger partial charge in [0.05, 0.1) is 0 Å². The van der Waals surface area contributed by atoms with Crippen LogP contribution in [0.4, 0.5) is 5.95 Å². The van der Waals surface area contributed by atoms with E-state index in [9.17, 15) is 4.79 Å². The quantitative estimate of drug-likeness (QED) is 0.883. The molecule has 1 aliphatic rings. The number of carbonyl (C=O) groups excluding carboxylic acids is 1. The number of tetrazole rings is 1. The number of nitrogens with two attached hydrogens (primary N) is 1. The Hall–Kier alpha value is -2.51. The van der Waals surface area contributed by atoms with Crippen molar-refractivity contribution in [2.45, 2.75) is 51.2 Å². The van der Waals surface area contributed by atoms with Gasteiger partial charge in [-0.25, -0.2) is 4.68 Å². The Morgan fingerprint density at radius 1 is 1.26 bits per heavy atom. The van der Waals surface area contributed by atoms with E-state index < -0.39 is 0 Å². The monoisotopic (exact) mass is 315 g/mol. The Morgan fingerprint density at radius 3 is 2.65 bits per heavy atom. The first-order valence-corrected chi connectivity index (χ1v) is 7.94. The van der Waals surface area contributed by atoms with Gasteiger partial charge in [-0.2, -0.15) is 0 Å². The van der Waals surface area contributed by atoms with Gasteiger partial charge in [-0.05, 0) is 41.0 Å². The molecule has 0 unspecified atom stereocenters. The van der Waals surface area contributed by atoms with Crippen LogP contribution in [0, 0.1) is 0 Å². The van der Waals surface area contributed by atoms with Crippen LogP contribution in [-0.4, -0.2) is 42.0 Å². The molecule has 0 spiro atoms. The summed E-state index contributed by atoms with van der Waals surface area (Å²) < 4.78 is 1.34. The number of nitrogen functional groups attached to an aromatic ring is 1. The molecular weight excluding hydrogens is 294 g/mol. The molecule has 23 heavy (non-hydrogen) atoms. The lowest BCUT2D eigenvalue weighted by Crippen LogP contribution is -2.42. The second-order valence-electron chi connectivity index (χ2n) is 5.86. The minimum atomic E-state index is -0.00675. The average Bonchev–Trinajstić information content (AvgIpc) is 2.99. The van der Waals surface area contributed by atoms with Crippen LogP contribution in [0.15, 0.2) is 24.5 Å². The predicted octanol–water partition coefficient (Wildman–Crippen LogP) is 1.01. The number of amides is 1. The van der Waals surface area contributed by atoms with Gasteiger partial charge in [0, 0.05) is 25.0 Å². The van der Waals surface area contributed by atoms with Gasteiger partial charge in [0.1, 0.15) is 6.54 Å². The molecule has 1 amide bonds. The second kappa shape index (κ2) is 7.17. The zero-order chi connectivity index (χ0) is 16.1. The molecule has 8 nitrogen and oxygen atoms in total. The average molecular weight is 315 g/mol. The highest BCUT2D eigenvalue weighted by molar-refractivity contribution is 5.76. The van der Waals surface area contributed by atoms with Crippen LogP contribution in [0.25, 0.3) is 0 Å². The van der Waals surface area contributed by atoms with Gasteiger partial charge in [-0.15, -0.1) is 0 Å². The van der Waals surface area contributed by atoms with Crippen molar-refractivity contribution in [1.82, 2.24) is 30.1 Å². The minimum absolute atomic E-state index is 0.00675. The molecule has 2 heterocycles. The highest BCUT2D eigenvalue weighted by Gasteiger charge is 2.26. The van der Waals surface area contributed by atoms with E-state index in [-0.39, 0.29) is 24.4 Å². The van der Waals surface area contributed by atoms with Crippen molar-refractivity contribution in [1.29, 1.82) is 0 Å². The van der Waals surface area contributed by atoms with Crippen molar-refractivity contribution in [3.8, 4) is 0 Å². The van der Waals surface area contributed by atoms with E-state index in [4.69, 9.17) is 5.73 Å². The standard InChI is InChI=1S/C15H21N7O/c16-15-18-19-20-22(15)11-14(23)21(13-4-2-1-3-5-13)10-12-6-8-17-9-7-12/h6-9,13H,1-5,10-11H2,(H2,16,18,20). The maximum absolute atomic E-state index is 12.8. The normalized spacial score (nSPS) is 15.5. The molecule has 0 aliphatic heterocycles. The van der Waals surface area contributed by atoms with E-state index in [2.05, 4.69) is 20.5 Å². The minimum Gasteiger partial charge on any atom is -0.367 e. The molecule has 1 aliphatic carbocycles. The first-order valence-electron chi connectivity index (χ1n) is 7.94. The number of hydrogen-bond donors (Lipinski definition) is 1. The van der Waals surface area contributed by atoms with Gasteiger partial charge in [0.2, 0.25) is 11.9 Å². The smallest absolute Gasteiger partial charge is 0.245 e. The molecule has 0 aromatic carbocycles. The third-order valence-corrected chi connectivity index (χ3v) is 4.28. The summed E-state index contributed by atoms with van der Waals surface area (Å²) in [7, 11) is 0. The number of aromatic nitrogens is 5. The highest BCUT2D eigenvalue weighted by atomic mass is 16.2. The Labute approximate surface area is 134 Å². The number of anilines is 1. The third kappa shape index (κ3) is 3.82. The van der Waals surface area contributed by atoms with Crippen molar-refractivity contribution in [2.75, 3.05) is 5.73 Å². The van der Waals surface area contributed by atoms with Gasteiger partial charge in [-0.1, -0.05) is 24.4 Å². The first-order chi connectivity index (χ1) is 11.2. The topological polar surface area (TPSA) is 103 Å².